The topological polar surface area (TPSA) is 96.5 Å². The lowest BCUT2D eigenvalue weighted by atomic mass is 10.2. The maximum atomic E-state index is 12.0. The van der Waals surface area contributed by atoms with Crippen LogP contribution < -0.4 is 5.73 Å². The second-order valence-corrected chi connectivity index (χ2v) is 3.97. The smallest absolute Gasteiger partial charge is 0.326 e. The molecule has 0 aromatic carbocycles. The van der Waals surface area contributed by atoms with E-state index in [1.165, 1.54) is 17.2 Å². The van der Waals surface area contributed by atoms with Crippen LogP contribution in [0.15, 0.2) is 18.3 Å². The van der Waals surface area contributed by atoms with Gasteiger partial charge in [-0.3, -0.25) is 4.79 Å². The molecule has 1 aliphatic rings. The van der Waals surface area contributed by atoms with Gasteiger partial charge in [-0.15, -0.1) is 0 Å². The molecule has 0 radical (unpaired) electrons. The third kappa shape index (κ3) is 2.20. The van der Waals surface area contributed by atoms with Gasteiger partial charge in [-0.2, -0.15) is 0 Å². The van der Waals surface area contributed by atoms with Crippen molar-refractivity contribution in [3.8, 4) is 0 Å². The summed E-state index contributed by atoms with van der Waals surface area (Å²) in [5, 5.41) is 8.99. The Balaban J connectivity index is 2.19. The number of rotatable bonds is 2. The van der Waals surface area contributed by atoms with Crippen LogP contribution in [-0.4, -0.2) is 39.5 Å². The van der Waals surface area contributed by atoms with Gasteiger partial charge in [-0.05, 0) is 25.0 Å². The van der Waals surface area contributed by atoms with Crippen LogP contribution in [0.2, 0.25) is 0 Å². The summed E-state index contributed by atoms with van der Waals surface area (Å²) in [7, 11) is 0. The molecule has 0 unspecified atom stereocenters. The van der Waals surface area contributed by atoms with Gasteiger partial charge in [0.15, 0.2) is 0 Å². The van der Waals surface area contributed by atoms with E-state index >= 15 is 0 Å². The fraction of sp³-hybridized carbons (Fsp3) is 0.364. The first kappa shape index (κ1) is 11.4. The number of hydrogen-bond acceptors (Lipinski definition) is 4. The molecule has 1 aromatic rings. The molecule has 0 bridgehead atoms. The Labute approximate surface area is 98.1 Å². The van der Waals surface area contributed by atoms with Crippen LogP contribution in [0.1, 0.15) is 23.3 Å². The number of nitrogens with two attached hydrogens (primary N) is 1. The molecule has 1 fully saturated rings. The van der Waals surface area contributed by atoms with Crippen molar-refractivity contribution in [3.63, 3.8) is 0 Å². The van der Waals surface area contributed by atoms with E-state index in [4.69, 9.17) is 10.8 Å². The minimum Gasteiger partial charge on any atom is -0.480 e. The quantitative estimate of drug-likeness (QED) is 0.771. The highest BCUT2D eigenvalue weighted by Gasteiger charge is 2.34. The van der Waals surface area contributed by atoms with Crippen LogP contribution in [0.5, 0.6) is 0 Å². The fourth-order valence-electron chi connectivity index (χ4n) is 1.95. The molecule has 1 saturated heterocycles. The van der Waals surface area contributed by atoms with E-state index in [1.54, 1.807) is 6.07 Å². The average Bonchev–Trinajstić information content (AvgIpc) is 2.78. The monoisotopic (exact) mass is 235 g/mol. The molecule has 6 nitrogen and oxygen atoms in total. The zero-order valence-electron chi connectivity index (χ0n) is 9.17. The number of anilines is 1. The van der Waals surface area contributed by atoms with Gasteiger partial charge < -0.3 is 15.7 Å². The number of aliphatic carboxylic acids is 1. The molecule has 1 aliphatic heterocycles. The molecule has 1 aromatic heterocycles. The summed E-state index contributed by atoms with van der Waals surface area (Å²) in [4.78, 5) is 28.3. The lowest BCUT2D eigenvalue weighted by molar-refractivity contribution is -0.141. The normalized spacial score (nSPS) is 19.3. The van der Waals surface area contributed by atoms with Gasteiger partial charge >= 0.3 is 5.97 Å². The maximum Gasteiger partial charge on any atom is 0.326 e. The number of nitrogens with zero attached hydrogens (tertiary/aromatic N) is 2. The second-order valence-electron chi connectivity index (χ2n) is 3.97. The molecular weight excluding hydrogens is 222 g/mol. The number of carboxylic acids is 1. The Morgan fingerprint density at radius 2 is 2.24 bits per heavy atom. The molecule has 17 heavy (non-hydrogen) atoms. The van der Waals surface area contributed by atoms with Gasteiger partial charge in [0.2, 0.25) is 0 Å². The maximum absolute atomic E-state index is 12.0. The molecule has 0 aliphatic carbocycles. The summed E-state index contributed by atoms with van der Waals surface area (Å²) >= 11 is 0. The van der Waals surface area contributed by atoms with E-state index in [-0.39, 0.29) is 11.6 Å². The highest BCUT2D eigenvalue weighted by Crippen LogP contribution is 2.19. The van der Waals surface area contributed by atoms with Gasteiger partial charge in [0, 0.05) is 6.54 Å². The van der Waals surface area contributed by atoms with Gasteiger partial charge in [0.25, 0.3) is 5.91 Å². The van der Waals surface area contributed by atoms with Crippen LogP contribution in [0.25, 0.3) is 0 Å². The first-order valence-corrected chi connectivity index (χ1v) is 5.35. The number of carboxylic acid groups (broad SMARTS) is 1. The van der Waals surface area contributed by atoms with Crippen LogP contribution in [0.3, 0.4) is 0 Å². The zero-order valence-corrected chi connectivity index (χ0v) is 9.17. The summed E-state index contributed by atoms with van der Waals surface area (Å²) in [6.45, 7) is 0.460. The minimum absolute atomic E-state index is 0.229. The van der Waals surface area contributed by atoms with Crippen molar-refractivity contribution in [3.05, 3.63) is 24.0 Å². The van der Waals surface area contributed by atoms with Crippen LogP contribution in [0.4, 0.5) is 5.69 Å². The number of carbonyl (C=O) groups excluding carboxylic acids is 1. The Hall–Kier alpha value is -2.11. The van der Waals surface area contributed by atoms with Gasteiger partial charge in [-0.25, -0.2) is 9.78 Å². The highest BCUT2D eigenvalue weighted by molar-refractivity contribution is 5.95. The summed E-state index contributed by atoms with van der Waals surface area (Å²) in [6, 6.07) is 2.35. The standard InChI is InChI=1S/C11H13N3O3/c12-7-3-4-8(13-6-7)10(15)14-5-1-2-9(14)11(16)17/h3-4,6,9H,1-2,5,12H2,(H,16,17)/t9-/m0/s1. The predicted octanol–water partition coefficient (Wildman–Crippen LogP) is 0.353. The van der Waals surface area contributed by atoms with Crippen molar-refractivity contribution in [2.45, 2.75) is 18.9 Å². The van der Waals surface area contributed by atoms with Gasteiger partial charge in [0.05, 0.1) is 11.9 Å². The summed E-state index contributed by atoms with van der Waals surface area (Å²) in [5.74, 6) is -1.32. The Bertz CT molecular complexity index is 444. The molecule has 2 heterocycles. The molecule has 0 spiro atoms. The number of amides is 1. The molecular formula is C11H13N3O3. The number of aromatic nitrogens is 1. The summed E-state index contributed by atoms with van der Waals surface area (Å²) < 4.78 is 0. The lowest BCUT2D eigenvalue weighted by Crippen LogP contribution is -2.40. The summed E-state index contributed by atoms with van der Waals surface area (Å²) in [6.07, 6.45) is 2.59. The minimum atomic E-state index is -0.966. The van der Waals surface area contributed by atoms with Crippen LogP contribution in [-0.2, 0) is 4.79 Å². The number of carbonyl (C=O) groups is 2. The zero-order chi connectivity index (χ0) is 12.4. The van der Waals surface area contributed by atoms with Crippen molar-refractivity contribution in [1.29, 1.82) is 0 Å². The number of likely N-dealkylation sites (tertiary alicyclic amines) is 1. The Kier molecular flexibility index (Phi) is 2.95. The predicted molar refractivity (Wildman–Crippen MR) is 60.3 cm³/mol. The third-order valence-electron chi connectivity index (χ3n) is 2.80. The molecule has 1 atom stereocenters. The van der Waals surface area contributed by atoms with E-state index in [9.17, 15) is 9.59 Å². The summed E-state index contributed by atoms with van der Waals surface area (Å²) in [5.41, 5.74) is 6.17. The lowest BCUT2D eigenvalue weighted by Gasteiger charge is -2.20. The molecule has 3 N–H and O–H groups in total. The van der Waals surface area contributed by atoms with Crippen molar-refractivity contribution in [1.82, 2.24) is 9.88 Å². The number of hydrogen-bond donors (Lipinski definition) is 2. The van der Waals surface area contributed by atoms with E-state index in [0.29, 0.717) is 25.1 Å². The first-order valence-electron chi connectivity index (χ1n) is 5.35. The van der Waals surface area contributed by atoms with E-state index in [0.717, 1.165) is 0 Å². The molecule has 90 valence electrons. The SMILES string of the molecule is Nc1ccc(C(=O)N2CCC[C@H]2C(=O)O)nc1. The number of pyridine rings is 1. The van der Waals surface area contributed by atoms with Crippen molar-refractivity contribution >= 4 is 17.6 Å². The van der Waals surface area contributed by atoms with Gasteiger partial charge in [0.1, 0.15) is 11.7 Å². The van der Waals surface area contributed by atoms with Gasteiger partial charge in [-0.1, -0.05) is 0 Å². The molecule has 6 heteroatoms. The number of nitrogen functional groups attached to an aromatic ring is 1. The van der Waals surface area contributed by atoms with Crippen molar-refractivity contribution in [2.24, 2.45) is 0 Å². The molecule has 2 rings (SSSR count). The third-order valence-corrected chi connectivity index (χ3v) is 2.80. The van der Waals surface area contributed by atoms with Crippen molar-refractivity contribution < 1.29 is 14.7 Å². The fourth-order valence-corrected chi connectivity index (χ4v) is 1.95. The van der Waals surface area contributed by atoms with Crippen molar-refractivity contribution in [2.75, 3.05) is 12.3 Å². The van der Waals surface area contributed by atoms with Crippen LogP contribution in [0, 0.1) is 0 Å². The Morgan fingerprint density at radius 3 is 2.82 bits per heavy atom. The van der Waals surface area contributed by atoms with E-state index in [2.05, 4.69) is 4.98 Å². The second kappa shape index (κ2) is 4.40. The van der Waals surface area contributed by atoms with E-state index in [1.807, 2.05) is 0 Å². The average molecular weight is 235 g/mol. The molecule has 1 amide bonds. The highest BCUT2D eigenvalue weighted by atomic mass is 16.4. The van der Waals surface area contributed by atoms with Crippen LogP contribution >= 0.6 is 0 Å². The largest absolute Gasteiger partial charge is 0.480 e. The Morgan fingerprint density at radius 1 is 1.47 bits per heavy atom. The van der Waals surface area contributed by atoms with E-state index < -0.39 is 12.0 Å². The first-order chi connectivity index (χ1) is 8.09. The molecule has 0 saturated carbocycles.